The zero-order valence-corrected chi connectivity index (χ0v) is 13.5. The molecule has 1 aromatic heterocycles. The van der Waals surface area contributed by atoms with Crippen LogP contribution in [0.4, 0.5) is 0 Å². The Morgan fingerprint density at radius 2 is 2.15 bits per heavy atom. The van der Waals surface area contributed by atoms with Gasteiger partial charge in [0.25, 0.3) is 0 Å². The molecule has 0 aliphatic rings. The van der Waals surface area contributed by atoms with Gasteiger partial charge in [-0.3, -0.25) is 4.98 Å². The van der Waals surface area contributed by atoms with E-state index in [2.05, 4.69) is 36.3 Å². The number of nitrogens with zero attached hydrogens (tertiary/aromatic N) is 1. The van der Waals surface area contributed by atoms with Crippen LogP contribution in [0.1, 0.15) is 24.3 Å². The zero-order chi connectivity index (χ0) is 14.4. The molecular formula is C16H21ClN2S. The van der Waals surface area contributed by atoms with Gasteiger partial charge in [0.05, 0.1) is 5.51 Å². The molecule has 0 aliphatic heterocycles. The van der Waals surface area contributed by atoms with E-state index in [9.17, 15) is 0 Å². The van der Waals surface area contributed by atoms with Gasteiger partial charge >= 0.3 is 0 Å². The molecule has 0 bridgehead atoms. The fourth-order valence-corrected chi connectivity index (χ4v) is 3.17. The molecule has 2 nitrogen and oxygen atoms in total. The van der Waals surface area contributed by atoms with E-state index < -0.39 is 0 Å². The van der Waals surface area contributed by atoms with E-state index >= 15 is 0 Å². The third-order valence-electron chi connectivity index (χ3n) is 3.20. The summed E-state index contributed by atoms with van der Waals surface area (Å²) in [6.07, 6.45) is 4.08. The Kier molecular flexibility index (Phi) is 6.02. The second-order valence-electron chi connectivity index (χ2n) is 5.43. The summed E-state index contributed by atoms with van der Waals surface area (Å²) >= 11 is 7.81. The maximum absolute atomic E-state index is 6.07. The third kappa shape index (κ3) is 5.23. The lowest BCUT2D eigenvalue weighted by Crippen LogP contribution is -2.30. The smallest absolute Gasteiger partial charge is 0.0794 e. The summed E-state index contributed by atoms with van der Waals surface area (Å²) in [5.74, 6) is 0.566. The normalized spacial score (nSPS) is 12.8. The predicted octanol–water partition coefficient (Wildman–Crippen LogP) is 4.20. The maximum atomic E-state index is 6.07. The minimum Gasteiger partial charge on any atom is -0.314 e. The van der Waals surface area contributed by atoms with Crippen molar-refractivity contribution in [3.8, 4) is 0 Å². The van der Waals surface area contributed by atoms with E-state index in [-0.39, 0.29) is 0 Å². The zero-order valence-electron chi connectivity index (χ0n) is 12.0. The molecule has 0 fully saturated rings. The van der Waals surface area contributed by atoms with Gasteiger partial charge in [-0.25, -0.2) is 0 Å². The Labute approximate surface area is 130 Å². The summed E-state index contributed by atoms with van der Waals surface area (Å²) in [7, 11) is 0. The van der Waals surface area contributed by atoms with Crippen molar-refractivity contribution in [3.05, 3.63) is 51.4 Å². The Morgan fingerprint density at radius 1 is 1.30 bits per heavy atom. The third-order valence-corrected chi connectivity index (χ3v) is 4.24. The van der Waals surface area contributed by atoms with E-state index in [0.29, 0.717) is 12.0 Å². The van der Waals surface area contributed by atoms with E-state index in [1.54, 1.807) is 11.3 Å². The van der Waals surface area contributed by atoms with Gasteiger partial charge in [-0.1, -0.05) is 37.6 Å². The van der Waals surface area contributed by atoms with Gasteiger partial charge in [-0.05, 0) is 43.0 Å². The summed E-state index contributed by atoms with van der Waals surface area (Å²) in [5.41, 5.74) is 3.21. The monoisotopic (exact) mass is 308 g/mol. The highest BCUT2D eigenvalue weighted by Crippen LogP contribution is 2.19. The van der Waals surface area contributed by atoms with Gasteiger partial charge in [-0.15, -0.1) is 11.3 Å². The van der Waals surface area contributed by atoms with E-state index in [4.69, 9.17) is 11.6 Å². The summed E-state index contributed by atoms with van der Waals surface area (Å²) in [6.45, 7) is 5.38. The molecular weight excluding hydrogens is 288 g/mol. The van der Waals surface area contributed by atoms with Crippen LogP contribution in [0.5, 0.6) is 0 Å². The van der Waals surface area contributed by atoms with Crippen LogP contribution in [0.25, 0.3) is 0 Å². The predicted molar refractivity (Wildman–Crippen MR) is 87.6 cm³/mol. The van der Waals surface area contributed by atoms with Gasteiger partial charge < -0.3 is 5.32 Å². The van der Waals surface area contributed by atoms with Crippen molar-refractivity contribution >= 4 is 22.9 Å². The molecule has 108 valence electrons. The highest BCUT2D eigenvalue weighted by atomic mass is 35.5. The number of hydrogen-bond acceptors (Lipinski definition) is 3. The lowest BCUT2D eigenvalue weighted by atomic mass is 9.95. The van der Waals surface area contributed by atoms with E-state index in [1.807, 2.05) is 23.8 Å². The number of rotatable bonds is 7. The van der Waals surface area contributed by atoms with Crippen molar-refractivity contribution in [2.24, 2.45) is 5.92 Å². The maximum Gasteiger partial charge on any atom is 0.0794 e. The Balaban J connectivity index is 2.01. The molecule has 0 radical (unpaired) electrons. The van der Waals surface area contributed by atoms with Gasteiger partial charge in [0.15, 0.2) is 0 Å². The van der Waals surface area contributed by atoms with Crippen molar-refractivity contribution in [1.29, 1.82) is 0 Å². The number of aromatic nitrogens is 1. The van der Waals surface area contributed by atoms with Crippen LogP contribution < -0.4 is 5.32 Å². The van der Waals surface area contributed by atoms with Crippen molar-refractivity contribution in [2.75, 3.05) is 6.54 Å². The van der Waals surface area contributed by atoms with Crippen molar-refractivity contribution < 1.29 is 0 Å². The minimum atomic E-state index is 0.512. The molecule has 2 aromatic rings. The summed E-state index contributed by atoms with van der Waals surface area (Å²) in [6, 6.07) is 8.68. The fourth-order valence-electron chi connectivity index (χ4n) is 2.24. The van der Waals surface area contributed by atoms with E-state index in [0.717, 1.165) is 24.4 Å². The Hall–Kier alpha value is -0.900. The lowest BCUT2D eigenvalue weighted by molar-refractivity contribution is 0.446. The molecule has 0 saturated heterocycles. The van der Waals surface area contributed by atoms with Crippen LogP contribution in [0.2, 0.25) is 5.02 Å². The highest BCUT2D eigenvalue weighted by molar-refractivity contribution is 7.09. The molecule has 2 rings (SSSR count). The average Bonchev–Trinajstić information content (AvgIpc) is 2.89. The van der Waals surface area contributed by atoms with Crippen LogP contribution in [-0.2, 0) is 12.8 Å². The van der Waals surface area contributed by atoms with Gasteiger partial charge in [0, 0.05) is 22.1 Å². The van der Waals surface area contributed by atoms with E-state index in [1.165, 1.54) is 10.4 Å². The number of halogens is 1. The minimum absolute atomic E-state index is 0.512. The second-order valence-corrected chi connectivity index (χ2v) is 6.84. The molecule has 1 atom stereocenters. The summed E-state index contributed by atoms with van der Waals surface area (Å²) in [5, 5.41) is 4.36. The fraction of sp³-hybridized carbons (Fsp3) is 0.438. The van der Waals surface area contributed by atoms with Crippen LogP contribution >= 0.6 is 22.9 Å². The van der Waals surface area contributed by atoms with Crippen LogP contribution in [0.15, 0.2) is 36.0 Å². The lowest BCUT2D eigenvalue weighted by Gasteiger charge is -2.19. The summed E-state index contributed by atoms with van der Waals surface area (Å²) < 4.78 is 0. The Bertz CT molecular complexity index is 511. The van der Waals surface area contributed by atoms with Crippen molar-refractivity contribution in [3.63, 3.8) is 0 Å². The molecule has 1 N–H and O–H groups in total. The molecule has 0 amide bonds. The molecule has 0 saturated carbocycles. The standard InChI is InChI=1S/C16H21ClN2S/c1-12(2)19-9-14(8-16-10-18-11-20-16)6-13-4-3-5-15(17)7-13/h3-5,7,10-12,14,19H,6,8-9H2,1-2H3. The van der Waals surface area contributed by atoms with Crippen LogP contribution in [0.3, 0.4) is 0 Å². The molecule has 1 aromatic carbocycles. The molecule has 4 heteroatoms. The first kappa shape index (κ1) is 15.5. The average molecular weight is 309 g/mol. The largest absolute Gasteiger partial charge is 0.314 e. The number of nitrogens with one attached hydrogen (secondary N) is 1. The first-order valence-electron chi connectivity index (χ1n) is 6.98. The number of thiazole rings is 1. The SMILES string of the molecule is CC(C)NCC(Cc1cccc(Cl)c1)Cc1cncs1. The molecule has 0 spiro atoms. The second kappa shape index (κ2) is 7.77. The number of benzene rings is 1. The molecule has 0 aliphatic carbocycles. The summed E-state index contributed by atoms with van der Waals surface area (Å²) in [4.78, 5) is 5.52. The Morgan fingerprint density at radius 3 is 2.80 bits per heavy atom. The quantitative estimate of drug-likeness (QED) is 0.829. The first-order chi connectivity index (χ1) is 9.63. The molecule has 20 heavy (non-hydrogen) atoms. The molecule has 1 heterocycles. The van der Waals surface area contributed by atoms with Gasteiger partial charge in [0.1, 0.15) is 0 Å². The van der Waals surface area contributed by atoms with Crippen LogP contribution in [-0.4, -0.2) is 17.6 Å². The highest BCUT2D eigenvalue weighted by Gasteiger charge is 2.12. The van der Waals surface area contributed by atoms with Crippen molar-refractivity contribution in [1.82, 2.24) is 10.3 Å². The first-order valence-corrected chi connectivity index (χ1v) is 8.24. The van der Waals surface area contributed by atoms with Crippen molar-refractivity contribution in [2.45, 2.75) is 32.7 Å². The van der Waals surface area contributed by atoms with Gasteiger partial charge in [-0.2, -0.15) is 0 Å². The topological polar surface area (TPSA) is 24.9 Å². The van der Waals surface area contributed by atoms with Gasteiger partial charge in [0.2, 0.25) is 0 Å². The molecule has 1 unspecified atom stereocenters. The number of hydrogen-bond donors (Lipinski definition) is 1. The van der Waals surface area contributed by atoms with Crippen LogP contribution in [0, 0.1) is 5.92 Å².